The number of benzene rings is 2. The van der Waals surface area contributed by atoms with Gasteiger partial charge in [-0.2, -0.15) is 0 Å². The highest BCUT2D eigenvalue weighted by Gasteiger charge is 2.18. The lowest BCUT2D eigenvalue weighted by Gasteiger charge is -2.10. The van der Waals surface area contributed by atoms with Crippen LogP contribution in [0.4, 0.5) is 0 Å². The first-order valence-corrected chi connectivity index (χ1v) is 8.35. The summed E-state index contributed by atoms with van der Waals surface area (Å²) in [4.78, 5) is 12.1. The summed E-state index contributed by atoms with van der Waals surface area (Å²) in [5.41, 5.74) is 3.49. The third-order valence-corrected chi connectivity index (χ3v) is 3.69. The van der Waals surface area contributed by atoms with Crippen molar-refractivity contribution in [1.82, 2.24) is 15.0 Å². The van der Waals surface area contributed by atoms with Crippen LogP contribution < -0.4 is 0 Å². The van der Waals surface area contributed by atoms with Crippen LogP contribution in [0.5, 0.6) is 0 Å². The average Bonchev–Trinajstić information content (AvgIpc) is 3.05. The summed E-state index contributed by atoms with van der Waals surface area (Å²) in [6, 6.07) is 19.7. The molecular weight excluding hydrogens is 314 g/mol. The number of carbonyl (C=O) groups excluding carboxylic acids is 1. The number of carbonyl (C=O) groups is 1. The second-order valence-electron chi connectivity index (χ2n) is 6.25. The second-order valence-corrected chi connectivity index (χ2v) is 6.25. The first kappa shape index (κ1) is 16.9. The summed E-state index contributed by atoms with van der Waals surface area (Å²) >= 11 is 0. The van der Waals surface area contributed by atoms with Crippen LogP contribution in [-0.4, -0.2) is 27.6 Å². The summed E-state index contributed by atoms with van der Waals surface area (Å²) in [6.07, 6.45) is 0. The Morgan fingerprint density at radius 2 is 1.60 bits per heavy atom. The van der Waals surface area contributed by atoms with E-state index in [0.717, 1.165) is 22.5 Å². The molecule has 0 aliphatic heterocycles. The maximum Gasteiger partial charge on any atom is 0.327 e. The lowest BCUT2D eigenvalue weighted by molar-refractivity contribution is -0.145. The number of rotatable bonds is 6. The van der Waals surface area contributed by atoms with Crippen LogP contribution in [0.25, 0.3) is 22.5 Å². The molecule has 0 spiro atoms. The Labute approximate surface area is 147 Å². The van der Waals surface area contributed by atoms with E-state index < -0.39 is 0 Å². The Morgan fingerprint density at radius 3 is 2.20 bits per heavy atom. The molecule has 0 amide bonds. The Balaban J connectivity index is 1.96. The van der Waals surface area contributed by atoms with Crippen molar-refractivity contribution in [3.63, 3.8) is 0 Å². The fraction of sp³-hybridized carbons (Fsp3) is 0.250. The van der Waals surface area contributed by atoms with Crippen molar-refractivity contribution in [2.75, 3.05) is 6.61 Å². The smallest absolute Gasteiger partial charge is 0.327 e. The molecule has 3 aromatic rings. The van der Waals surface area contributed by atoms with Gasteiger partial charge in [-0.25, -0.2) is 4.68 Å². The van der Waals surface area contributed by atoms with E-state index in [2.05, 4.69) is 10.3 Å². The summed E-state index contributed by atoms with van der Waals surface area (Å²) in [7, 11) is 0. The first-order chi connectivity index (χ1) is 12.1. The minimum absolute atomic E-state index is 0.0385. The van der Waals surface area contributed by atoms with Crippen LogP contribution in [0.3, 0.4) is 0 Å². The Kier molecular flexibility index (Phi) is 5.23. The van der Waals surface area contributed by atoms with Crippen molar-refractivity contribution in [2.24, 2.45) is 5.92 Å². The summed E-state index contributed by atoms with van der Waals surface area (Å²) in [6.45, 7) is 4.45. The van der Waals surface area contributed by atoms with E-state index in [1.54, 1.807) is 4.68 Å². The largest absolute Gasteiger partial charge is 0.464 e. The number of hydrogen-bond donors (Lipinski definition) is 0. The molecule has 25 heavy (non-hydrogen) atoms. The highest BCUT2D eigenvalue weighted by Crippen LogP contribution is 2.29. The maximum atomic E-state index is 12.1. The standard InChI is InChI=1S/C20H21N3O2/c1-15(2)14-25-18(24)13-23-20(17-11-7-4-8-12-17)19(21-22-23)16-9-5-3-6-10-16/h3-12,15H,13-14H2,1-2H3. The van der Waals surface area contributed by atoms with Crippen molar-refractivity contribution in [2.45, 2.75) is 20.4 Å². The summed E-state index contributed by atoms with van der Waals surface area (Å²) in [5.74, 6) is -0.0106. The quantitative estimate of drug-likeness (QED) is 0.643. The molecule has 2 aromatic carbocycles. The van der Waals surface area contributed by atoms with E-state index in [4.69, 9.17) is 4.74 Å². The first-order valence-electron chi connectivity index (χ1n) is 8.35. The average molecular weight is 335 g/mol. The minimum Gasteiger partial charge on any atom is -0.464 e. The minimum atomic E-state index is -0.310. The van der Waals surface area contributed by atoms with Crippen molar-refractivity contribution >= 4 is 5.97 Å². The van der Waals surface area contributed by atoms with Crippen molar-refractivity contribution in [3.8, 4) is 22.5 Å². The molecule has 128 valence electrons. The van der Waals surface area contributed by atoms with E-state index in [9.17, 15) is 4.79 Å². The molecule has 1 heterocycles. The van der Waals surface area contributed by atoms with Gasteiger partial charge in [0.15, 0.2) is 0 Å². The molecule has 5 heteroatoms. The second kappa shape index (κ2) is 7.75. The number of hydrogen-bond acceptors (Lipinski definition) is 4. The van der Waals surface area contributed by atoms with E-state index in [1.165, 1.54) is 0 Å². The van der Waals surface area contributed by atoms with Gasteiger partial charge in [-0.3, -0.25) is 4.79 Å². The fourth-order valence-electron chi connectivity index (χ4n) is 2.52. The Bertz CT molecular complexity index is 827. The van der Waals surface area contributed by atoms with Crippen LogP contribution in [0, 0.1) is 5.92 Å². The fourth-order valence-corrected chi connectivity index (χ4v) is 2.52. The van der Waals surface area contributed by atoms with Crippen molar-refractivity contribution in [3.05, 3.63) is 60.7 Å². The molecule has 5 nitrogen and oxygen atoms in total. The molecule has 0 unspecified atom stereocenters. The molecule has 0 aliphatic rings. The maximum absolute atomic E-state index is 12.1. The molecule has 0 aliphatic carbocycles. The zero-order valence-electron chi connectivity index (χ0n) is 14.4. The van der Waals surface area contributed by atoms with Crippen LogP contribution >= 0.6 is 0 Å². The van der Waals surface area contributed by atoms with Gasteiger partial charge in [-0.15, -0.1) is 5.10 Å². The molecule has 0 saturated carbocycles. The molecule has 0 bridgehead atoms. The predicted octanol–water partition coefficient (Wildman–Crippen LogP) is 3.81. The molecule has 0 saturated heterocycles. The van der Waals surface area contributed by atoms with Gasteiger partial charge in [0, 0.05) is 11.1 Å². The van der Waals surface area contributed by atoms with E-state index in [-0.39, 0.29) is 12.5 Å². The topological polar surface area (TPSA) is 57.0 Å². The lowest BCUT2D eigenvalue weighted by Crippen LogP contribution is -2.17. The van der Waals surface area contributed by atoms with Gasteiger partial charge in [0.25, 0.3) is 0 Å². The third-order valence-electron chi connectivity index (χ3n) is 3.69. The third kappa shape index (κ3) is 4.12. The van der Waals surface area contributed by atoms with Gasteiger partial charge < -0.3 is 4.74 Å². The van der Waals surface area contributed by atoms with Crippen molar-refractivity contribution < 1.29 is 9.53 Å². The number of aromatic nitrogens is 3. The Morgan fingerprint density at radius 1 is 1.00 bits per heavy atom. The van der Waals surface area contributed by atoms with Crippen LogP contribution in [0.2, 0.25) is 0 Å². The van der Waals surface area contributed by atoms with E-state index in [1.807, 2.05) is 74.5 Å². The predicted molar refractivity (Wildman–Crippen MR) is 96.7 cm³/mol. The number of ether oxygens (including phenoxy) is 1. The van der Waals surface area contributed by atoms with Gasteiger partial charge in [-0.05, 0) is 5.92 Å². The lowest BCUT2D eigenvalue weighted by atomic mass is 10.0. The monoisotopic (exact) mass is 335 g/mol. The van der Waals surface area contributed by atoms with Crippen LogP contribution in [-0.2, 0) is 16.1 Å². The van der Waals surface area contributed by atoms with E-state index >= 15 is 0 Å². The summed E-state index contributed by atoms with van der Waals surface area (Å²) in [5, 5.41) is 8.52. The van der Waals surface area contributed by atoms with Crippen LogP contribution in [0.15, 0.2) is 60.7 Å². The normalized spacial score (nSPS) is 10.8. The zero-order chi connectivity index (χ0) is 17.6. The molecule has 0 fully saturated rings. The van der Waals surface area contributed by atoms with E-state index in [0.29, 0.717) is 12.5 Å². The SMILES string of the molecule is CC(C)COC(=O)Cn1nnc(-c2ccccc2)c1-c1ccccc1. The molecular formula is C20H21N3O2. The Hall–Kier alpha value is -2.95. The molecule has 0 radical (unpaired) electrons. The van der Waals surface area contributed by atoms with Gasteiger partial charge in [0.05, 0.1) is 12.3 Å². The molecule has 0 N–H and O–H groups in total. The van der Waals surface area contributed by atoms with Gasteiger partial charge in [0.1, 0.15) is 12.2 Å². The van der Waals surface area contributed by atoms with Gasteiger partial charge in [0.2, 0.25) is 0 Å². The highest BCUT2D eigenvalue weighted by atomic mass is 16.5. The zero-order valence-corrected chi connectivity index (χ0v) is 14.4. The summed E-state index contributed by atoms with van der Waals surface area (Å²) < 4.78 is 6.90. The number of nitrogens with zero attached hydrogens (tertiary/aromatic N) is 3. The molecule has 1 aromatic heterocycles. The van der Waals surface area contributed by atoms with Crippen LogP contribution in [0.1, 0.15) is 13.8 Å². The molecule has 0 atom stereocenters. The number of esters is 1. The molecule has 3 rings (SSSR count). The highest BCUT2D eigenvalue weighted by molar-refractivity contribution is 5.79. The van der Waals surface area contributed by atoms with Gasteiger partial charge in [-0.1, -0.05) is 79.7 Å². The van der Waals surface area contributed by atoms with Gasteiger partial charge >= 0.3 is 5.97 Å². The van der Waals surface area contributed by atoms with Crippen molar-refractivity contribution in [1.29, 1.82) is 0 Å².